The number of oxime groups is 1. The van der Waals surface area contributed by atoms with Gasteiger partial charge in [0.25, 0.3) is 0 Å². The third-order valence-electron chi connectivity index (χ3n) is 2.79. The van der Waals surface area contributed by atoms with E-state index in [2.05, 4.69) is 20.1 Å². The molecule has 0 saturated carbocycles. The Balaban J connectivity index is 2.33. The third-order valence-corrected chi connectivity index (χ3v) is 2.79. The molecule has 2 aromatic heterocycles. The van der Waals surface area contributed by atoms with E-state index in [1.807, 2.05) is 30.0 Å². The summed E-state index contributed by atoms with van der Waals surface area (Å²) in [5, 5.41) is 11.8. The topological polar surface area (TPSA) is 101 Å². The van der Waals surface area contributed by atoms with E-state index in [0.717, 1.165) is 5.69 Å². The number of pyridine rings is 1. The van der Waals surface area contributed by atoms with Crippen molar-refractivity contribution in [1.29, 1.82) is 0 Å². The summed E-state index contributed by atoms with van der Waals surface area (Å²) < 4.78 is 0. The van der Waals surface area contributed by atoms with E-state index in [-0.39, 0.29) is 5.84 Å². The molecule has 0 bridgehead atoms. The minimum absolute atomic E-state index is 0.0624. The molecule has 0 amide bonds. The summed E-state index contributed by atoms with van der Waals surface area (Å²) in [5.74, 6) is 0.503. The summed E-state index contributed by atoms with van der Waals surface area (Å²) in [6.45, 7) is 3.26. The van der Waals surface area contributed by atoms with E-state index in [0.29, 0.717) is 24.6 Å². The smallest absolute Gasteiger partial charge is 0.192 e. The zero-order chi connectivity index (χ0) is 14.4. The minimum atomic E-state index is -0.0624. The summed E-state index contributed by atoms with van der Waals surface area (Å²) >= 11 is 0. The van der Waals surface area contributed by atoms with Gasteiger partial charge in [-0.15, -0.1) is 0 Å². The van der Waals surface area contributed by atoms with E-state index in [4.69, 9.17) is 10.9 Å². The highest BCUT2D eigenvalue weighted by Crippen LogP contribution is 2.16. The normalized spacial score (nSPS) is 11.3. The van der Waals surface area contributed by atoms with Gasteiger partial charge in [-0.05, 0) is 19.1 Å². The lowest BCUT2D eigenvalue weighted by molar-refractivity contribution is 0.318. The maximum absolute atomic E-state index is 8.82. The number of aromatic nitrogens is 3. The van der Waals surface area contributed by atoms with Crippen LogP contribution in [-0.4, -0.2) is 32.5 Å². The molecule has 0 aliphatic rings. The van der Waals surface area contributed by atoms with Crippen molar-refractivity contribution in [2.45, 2.75) is 13.5 Å². The molecule has 7 nitrogen and oxygen atoms in total. The monoisotopic (exact) mass is 272 g/mol. The second kappa shape index (κ2) is 6.46. The van der Waals surface area contributed by atoms with Gasteiger partial charge in [-0.25, -0.2) is 9.97 Å². The predicted octanol–water partition coefficient (Wildman–Crippen LogP) is 0.993. The van der Waals surface area contributed by atoms with Gasteiger partial charge in [0.15, 0.2) is 17.3 Å². The van der Waals surface area contributed by atoms with Gasteiger partial charge in [0.2, 0.25) is 0 Å². The Kier molecular flexibility index (Phi) is 4.43. The molecule has 104 valence electrons. The van der Waals surface area contributed by atoms with Crippen molar-refractivity contribution in [2.75, 3.05) is 11.4 Å². The molecule has 0 fully saturated rings. The molecular weight excluding hydrogens is 256 g/mol. The number of nitrogens with zero attached hydrogens (tertiary/aromatic N) is 5. The number of rotatable bonds is 5. The van der Waals surface area contributed by atoms with Crippen LogP contribution in [0.4, 0.5) is 5.82 Å². The molecule has 0 atom stereocenters. The van der Waals surface area contributed by atoms with Crippen molar-refractivity contribution < 1.29 is 5.21 Å². The molecule has 0 radical (unpaired) electrons. The van der Waals surface area contributed by atoms with E-state index >= 15 is 0 Å². The molecule has 0 unspecified atom stereocenters. The summed E-state index contributed by atoms with van der Waals surface area (Å²) in [6.07, 6.45) is 4.82. The van der Waals surface area contributed by atoms with Crippen molar-refractivity contribution in [1.82, 2.24) is 15.0 Å². The molecule has 0 aliphatic carbocycles. The molecule has 0 aliphatic heterocycles. The summed E-state index contributed by atoms with van der Waals surface area (Å²) in [6, 6.07) is 5.73. The lowest BCUT2D eigenvalue weighted by atomic mass is 10.3. The van der Waals surface area contributed by atoms with Gasteiger partial charge in [-0.1, -0.05) is 11.2 Å². The Bertz CT molecular complexity index is 586. The maximum Gasteiger partial charge on any atom is 0.192 e. The zero-order valence-electron chi connectivity index (χ0n) is 11.1. The van der Waals surface area contributed by atoms with Crippen molar-refractivity contribution in [3.63, 3.8) is 0 Å². The first-order chi connectivity index (χ1) is 9.76. The number of nitrogens with two attached hydrogens (primary N) is 1. The van der Waals surface area contributed by atoms with Gasteiger partial charge >= 0.3 is 0 Å². The first-order valence-corrected chi connectivity index (χ1v) is 6.20. The fourth-order valence-electron chi connectivity index (χ4n) is 1.81. The highest BCUT2D eigenvalue weighted by molar-refractivity contribution is 5.99. The Morgan fingerprint density at radius 2 is 2.05 bits per heavy atom. The van der Waals surface area contributed by atoms with Crippen LogP contribution in [0.3, 0.4) is 0 Å². The van der Waals surface area contributed by atoms with E-state index in [9.17, 15) is 0 Å². The first-order valence-electron chi connectivity index (χ1n) is 6.20. The van der Waals surface area contributed by atoms with Crippen LogP contribution in [0.15, 0.2) is 41.9 Å². The number of anilines is 1. The quantitative estimate of drug-likeness (QED) is 0.364. The highest BCUT2D eigenvalue weighted by atomic mass is 16.4. The summed E-state index contributed by atoms with van der Waals surface area (Å²) in [5.41, 5.74) is 6.90. The molecule has 0 aromatic carbocycles. The maximum atomic E-state index is 8.82. The lowest BCUT2D eigenvalue weighted by Crippen LogP contribution is -2.28. The van der Waals surface area contributed by atoms with Gasteiger partial charge < -0.3 is 15.8 Å². The van der Waals surface area contributed by atoms with E-state index in [1.54, 1.807) is 12.4 Å². The average Bonchev–Trinajstić information content (AvgIpc) is 2.53. The van der Waals surface area contributed by atoms with Crippen LogP contribution >= 0.6 is 0 Å². The van der Waals surface area contributed by atoms with Gasteiger partial charge in [0.05, 0.1) is 12.2 Å². The van der Waals surface area contributed by atoms with Crippen molar-refractivity contribution in [3.05, 3.63) is 48.2 Å². The highest BCUT2D eigenvalue weighted by Gasteiger charge is 2.16. The van der Waals surface area contributed by atoms with Crippen LogP contribution in [0.25, 0.3) is 0 Å². The van der Waals surface area contributed by atoms with Crippen molar-refractivity contribution in [2.24, 2.45) is 10.9 Å². The van der Waals surface area contributed by atoms with Crippen LogP contribution < -0.4 is 10.6 Å². The van der Waals surface area contributed by atoms with Crippen LogP contribution in [0, 0.1) is 0 Å². The van der Waals surface area contributed by atoms with Crippen LogP contribution in [0.2, 0.25) is 0 Å². The summed E-state index contributed by atoms with van der Waals surface area (Å²) in [7, 11) is 0. The lowest BCUT2D eigenvalue weighted by Gasteiger charge is -2.22. The molecular formula is C13H16N6O. The molecule has 7 heteroatoms. The second-order valence-corrected chi connectivity index (χ2v) is 4.05. The van der Waals surface area contributed by atoms with Crippen LogP contribution in [0.5, 0.6) is 0 Å². The first kappa shape index (κ1) is 13.7. The van der Waals surface area contributed by atoms with Crippen molar-refractivity contribution in [3.8, 4) is 0 Å². The van der Waals surface area contributed by atoms with Gasteiger partial charge in [-0.2, -0.15) is 0 Å². The molecule has 3 N–H and O–H groups in total. The number of amidine groups is 1. The zero-order valence-corrected chi connectivity index (χ0v) is 11.1. The fourth-order valence-corrected chi connectivity index (χ4v) is 1.81. The molecule has 2 aromatic rings. The standard InChI is InChI=1S/C13H16N6O/c1-2-19(9-10-5-3-4-6-15-10)13-11(12(14)18-20)16-7-8-17-13/h3-8,20H,2,9H2,1H3,(H2,14,18). The second-order valence-electron chi connectivity index (χ2n) is 4.05. The Hall–Kier alpha value is -2.70. The molecule has 20 heavy (non-hydrogen) atoms. The van der Waals surface area contributed by atoms with Crippen LogP contribution in [0.1, 0.15) is 18.3 Å². The summed E-state index contributed by atoms with van der Waals surface area (Å²) in [4.78, 5) is 14.6. The van der Waals surface area contributed by atoms with E-state index in [1.165, 1.54) is 6.20 Å². The van der Waals surface area contributed by atoms with Crippen LogP contribution in [-0.2, 0) is 6.54 Å². The number of hydrogen-bond acceptors (Lipinski definition) is 6. The third kappa shape index (κ3) is 3.00. The predicted molar refractivity (Wildman–Crippen MR) is 75.5 cm³/mol. The molecule has 2 heterocycles. The van der Waals surface area contributed by atoms with Gasteiger partial charge in [0, 0.05) is 25.1 Å². The average molecular weight is 272 g/mol. The van der Waals surface area contributed by atoms with Crippen molar-refractivity contribution >= 4 is 11.7 Å². The fraction of sp³-hybridized carbons (Fsp3) is 0.231. The molecule has 0 spiro atoms. The Labute approximate surface area is 116 Å². The van der Waals surface area contributed by atoms with Gasteiger partial charge in [0.1, 0.15) is 0 Å². The largest absolute Gasteiger partial charge is 0.409 e. The SMILES string of the molecule is CCN(Cc1ccccn1)c1nccnc1/C(N)=N/O. The molecule has 0 saturated heterocycles. The number of hydrogen-bond donors (Lipinski definition) is 2. The Morgan fingerprint density at radius 1 is 1.25 bits per heavy atom. The minimum Gasteiger partial charge on any atom is -0.409 e. The molecule has 2 rings (SSSR count). The Morgan fingerprint density at radius 3 is 2.70 bits per heavy atom. The van der Waals surface area contributed by atoms with E-state index < -0.39 is 0 Å². The van der Waals surface area contributed by atoms with Gasteiger partial charge in [-0.3, -0.25) is 4.98 Å².